The van der Waals surface area contributed by atoms with Crippen molar-refractivity contribution >= 4 is 11.9 Å². The minimum atomic E-state index is -0.993. The van der Waals surface area contributed by atoms with Crippen LogP contribution in [0.4, 0.5) is 0 Å². The van der Waals surface area contributed by atoms with Gasteiger partial charge in [0.05, 0.1) is 5.56 Å². The van der Waals surface area contributed by atoms with Gasteiger partial charge in [0, 0.05) is 5.56 Å². The monoisotopic (exact) mass is 203 g/mol. The van der Waals surface area contributed by atoms with Crippen LogP contribution in [0.3, 0.4) is 0 Å². The Bertz CT molecular complexity index is 480. The highest BCUT2D eigenvalue weighted by molar-refractivity contribution is 5.92. The Hall–Kier alpha value is -2.28. The maximum atomic E-state index is 10.6. The zero-order chi connectivity index (χ0) is 11.4. The molecule has 0 saturated heterocycles. The van der Waals surface area contributed by atoms with Gasteiger partial charge in [0.15, 0.2) is 0 Å². The fraction of sp³-hybridized carbons (Fsp3) is 0.0909. The van der Waals surface area contributed by atoms with Gasteiger partial charge in [-0.3, -0.25) is 4.79 Å². The largest absolute Gasteiger partial charge is 0.478 e. The summed E-state index contributed by atoms with van der Waals surface area (Å²) in [6.07, 6.45) is 0. The molecule has 0 radical (unpaired) electrons. The molecule has 1 aromatic rings. The third-order valence-electron chi connectivity index (χ3n) is 1.79. The second kappa shape index (κ2) is 4.29. The maximum Gasteiger partial charge on any atom is 0.335 e. The summed E-state index contributed by atoms with van der Waals surface area (Å²) >= 11 is 0. The second-order valence-corrected chi connectivity index (χ2v) is 2.95. The number of benzene rings is 1. The van der Waals surface area contributed by atoms with E-state index in [-0.39, 0.29) is 5.56 Å². The van der Waals surface area contributed by atoms with E-state index < -0.39 is 11.9 Å². The quantitative estimate of drug-likeness (QED) is 0.653. The summed E-state index contributed by atoms with van der Waals surface area (Å²) in [4.78, 5) is 21.0. The number of carboxylic acids is 1. The van der Waals surface area contributed by atoms with Crippen LogP contribution in [-0.4, -0.2) is 17.0 Å². The van der Waals surface area contributed by atoms with Crippen LogP contribution in [-0.2, 0) is 4.79 Å². The van der Waals surface area contributed by atoms with Crippen LogP contribution in [0.2, 0.25) is 0 Å². The molecule has 0 heterocycles. The Morgan fingerprint density at radius 1 is 1.40 bits per heavy atom. The van der Waals surface area contributed by atoms with E-state index in [0.29, 0.717) is 11.1 Å². The average Bonchev–Trinajstić information content (AvgIpc) is 2.15. The molecule has 1 amide bonds. The van der Waals surface area contributed by atoms with Gasteiger partial charge in [0.25, 0.3) is 5.91 Å². The number of aromatic carboxylic acids is 1. The zero-order valence-electron chi connectivity index (χ0n) is 8.07. The Morgan fingerprint density at radius 3 is 2.53 bits per heavy atom. The molecule has 4 nitrogen and oxygen atoms in total. The predicted molar refractivity (Wildman–Crippen MR) is 54.2 cm³/mol. The van der Waals surface area contributed by atoms with Crippen molar-refractivity contribution in [2.24, 2.45) is 5.73 Å². The SMILES string of the molecule is Cc1cc(C(=O)O)ccc1C#CC(N)=O. The lowest BCUT2D eigenvalue weighted by atomic mass is 10.1. The Morgan fingerprint density at radius 2 is 2.07 bits per heavy atom. The van der Waals surface area contributed by atoms with Crippen LogP contribution in [0.25, 0.3) is 0 Å². The van der Waals surface area contributed by atoms with Crippen molar-refractivity contribution in [1.82, 2.24) is 0 Å². The summed E-state index contributed by atoms with van der Waals surface area (Å²) in [5.74, 6) is 3.05. The van der Waals surface area contributed by atoms with Crippen molar-refractivity contribution in [1.29, 1.82) is 0 Å². The molecule has 0 fully saturated rings. The number of carbonyl (C=O) groups excluding carboxylic acids is 1. The fourth-order valence-corrected chi connectivity index (χ4v) is 1.07. The van der Waals surface area contributed by atoms with Crippen molar-refractivity contribution in [2.45, 2.75) is 6.92 Å². The van der Waals surface area contributed by atoms with Gasteiger partial charge in [0.1, 0.15) is 0 Å². The first-order valence-electron chi connectivity index (χ1n) is 4.16. The Balaban J connectivity index is 3.10. The van der Waals surface area contributed by atoms with Crippen molar-refractivity contribution in [3.8, 4) is 11.8 Å². The van der Waals surface area contributed by atoms with Gasteiger partial charge >= 0.3 is 5.97 Å². The molecule has 0 atom stereocenters. The molecule has 0 saturated carbocycles. The third-order valence-corrected chi connectivity index (χ3v) is 1.79. The van der Waals surface area contributed by atoms with Crippen LogP contribution >= 0.6 is 0 Å². The molecule has 0 aliphatic carbocycles. The summed E-state index contributed by atoms with van der Waals surface area (Å²) in [6, 6.07) is 4.47. The Kier molecular flexibility index (Phi) is 3.09. The zero-order valence-corrected chi connectivity index (χ0v) is 8.07. The van der Waals surface area contributed by atoms with E-state index >= 15 is 0 Å². The van der Waals surface area contributed by atoms with Crippen molar-refractivity contribution in [3.05, 3.63) is 34.9 Å². The summed E-state index contributed by atoms with van der Waals surface area (Å²) in [5, 5.41) is 8.71. The number of carboxylic acid groups (broad SMARTS) is 1. The van der Waals surface area contributed by atoms with Crippen LogP contribution in [0, 0.1) is 18.8 Å². The first-order chi connectivity index (χ1) is 7.00. The topological polar surface area (TPSA) is 80.4 Å². The summed E-state index contributed by atoms with van der Waals surface area (Å²) in [5.41, 5.74) is 6.35. The van der Waals surface area contributed by atoms with Crippen LogP contribution in [0.15, 0.2) is 18.2 Å². The molecule has 0 aliphatic heterocycles. The molecule has 0 aromatic heterocycles. The lowest BCUT2D eigenvalue weighted by molar-refractivity contribution is -0.112. The second-order valence-electron chi connectivity index (χ2n) is 2.95. The lowest BCUT2D eigenvalue weighted by Crippen LogP contribution is -2.06. The molecule has 0 aliphatic rings. The van der Waals surface area contributed by atoms with Crippen LogP contribution in [0.1, 0.15) is 21.5 Å². The van der Waals surface area contributed by atoms with E-state index in [9.17, 15) is 9.59 Å². The predicted octanol–water partition coefficient (Wildman–Crippen LogP) is 0.530. The minimum Gasteiger partial charge on any atom is -0.478 e. The van der Waals surface area contributed by atoms with Crippen LogP contribution < -0.4 is 5.73 Å². The number of primary amides is 1. The molecule has 4 heteroatoms. The maximum absolute atomic E-state index is 10.6. The molecule has 0 bridgehead atoms. The first-order valence-corrected chi connectivity index (χ1v) is 4.16. The number of carbonyl (C=O) groups is 2. The molecule has 1 rings (SSSR count). The van der Waals surface area contributed by atoms with Gasteiger partial charge in [-0.05, 0) is 36.6 Å². The highest BCUT2D eigenvalue weighted by Gasteiger charge is 2.03. The smallest absolute Gasteiger partial charge is 0.335 e. The summed E-state index contributed by atoms with van der Waals surface area (Å²) in [6.45, 7) is 1.72. The van der Waals surface area contributed by atoms with Gasteiger partial charge < -0.3 is 10.8 Å². The van der Waals surface area contributed by atoms with Crippen molar-refractivity contribution in [3.63, 3.8) is 0 Å². The Labute approximate surface area is 86.7 Å². The summed E-state index contributed by atoms with van der Waals surface area (Å²) in [7, 11) is 0. The first kappa shape index (κ1) is 10.8. The van der Waals surface area contributed by atoms with Crippen LogP contribution in [0.5, 0.6) is 0 Å². The number of rotatable bonds is 1. The number of hydrogen-bond donors (Lipinski definition) is 2. The van der Waals surface area contributed by atoms with E-state index in [1.54, 1.807) is 13.0 Å². The normalized spacial score (nSPS) is 8.87. The van der Waals surface area contributed by atoms with E-state index in [2.05, 4.69) is 11.8 Å². The van der Waals surface area contributed by atoms with E-state index in [4.69, 9.17) is 10.8 Å². The number of hydrogen-bond acceptors (Lipinski definition) is 2. The molecule has 15 heavy (non-hydrogen) atoms. The van der Waals surface area contributed by atoms with E-state index in [0.717, 1.165) is 0 Å². The van der Waals surface area contributed by atoms with E-state index in [1.165, 1.54) is 12.1 Å². The molecule has 76 valence electrons. The van der Waals surface area contributed by atoms with Crippen molar-refractivity contribution in [2.75, 3.05) is 0 Å². The molecule has 0 unspecified atom stereocenters. The standard InChI is InChI=1S/C11H9NO3/c1-7-6-9(11(14)15)3-2-8(7)4-5-10(12)13/h2-3,6H,1H3,(H2,12,13)(H,14,15). The van der Waals surface area contributed by atoms with Gasteiger partial charge in [-0.15, -0.1) is 0 Å². The number of amides is 1. The van der Waals surface area contributed by atoms with Gasteiger partial charge in [-0.1, -0.05) is 5.92 Å². The van der Waals surface area contributed by atoms with Gasteiger partial charge in [0.2, 0.25) is 0 Å². The molecular weight excluding hydrogens is 194 g/mol. The molecule has 3 N–H and O–H groups in total. The van der Waals surface area contributed by atoms with Gasteiger partial charge in [-0.25, -0.2) is 4.79 Å². The third kappa shape index (κ3) is 2.85. The van der Waals surface area contributed by atoms with Gasteiger partial charge in [-0.2, -0.15) is 0 Å². The van der Waals surface area contributed by atoms with Crippen molar-refractivity contribution < 1.29 is 14.7 Å². The van der Waals surface area contributed by atoms with E-state index in [1.807, 2.05) is 0 Å². The highest BCUT2D eigenvalue weighted by Crippen LogP contribution is 2.09. The lowest BCUT2D eigenvalue weighted by Gasteiger charge is -1.99. The molecule has 0 spiro atoms. The average molecular weight is 203 g/mol. The highest BCUT2D eigenvalue weighted by atomic mass is 16.4. The number of aryl methyl sites for hydroxylation is 1. The minimum absolute atomic E-state index is 0.192. The fourth-order valence-electron chi connectivity index (χ4n) is 1.07. The molecule has 1 aromatic carbocycles. The summed E-state index contributed by atoms with van der Waals surface area (Å²) < 4.78 is 0. The molecular formula is C11H9NO3. The number of nitrogens with two attached hydrogens (primary N) is 1.